The molecule has 1 aromatic rings. The number of nitrogens with one attached hydrogen (secondary N) is 2. The van der Waals surface area contributed by atoms with Gasteiger partial charge in [0.05, 0.1) is 0 Å². The Kier molecular flexibility index (Phi) is 4.50. The first-order valence-electron chi connectivity index (χ1n) is 6.63. The fourth-order valence-corrected chi connectivity index (χ4v) is 2.19. The number of aromatic amines is 1. The lowest BCUT2D eigenvalue weighted by atomic mass is 9.99. The van der Waals surface area contributed by atoms with Crippen molar-refractivity contribution in [3.05, 3.63) is 22.1 Å². The topological polar surface area (TPSA) is 70.1 Å². The summed E-state index contributed by atoms with van der Waals surface area (Å²) in [6.45, 7) is 1.80. The minimum Gasteiger partial charge on any atom is -0.291 e. The molecule has 1 fully saturated rings. The normalized spacial score (nSPS) is 16.8. The number of anilines is 1. The van der Waals surface area contributed by atoms with E-state index >= 15 is 0 Å². The predicted octanol–water partition coefficient (Wildman–Crippen LogP) is 2.59. The first kappa shape index (κ1) is 12.8. The first-order chi connectivity index (χ1) is 8.74. The van der Waals surface area contributed by atoms with Gasteiger partial charge in [-0.15, -0.1) is 0 Å². The number of rotatable bonds is 2. The molecule has 0 atom stereocenters. The molecule has 5 nitrogen and oxygen atoms in total. The third kappa shape index (κ3) is 3.98. The van der Waals surface area contributed by atoms with Crippen molar-refractivity contribution in [3.8, 4) is 0 Å². The summed E-state index contributed by atoms with van der Waals surface area (Å²) in [7, 11) is 0. The van der Waals surface area contributed by atoms with E-state index in [-0.39, 0.29) is 5.56 Å². The second kappa shape index (κ2) is 6.33. The van der Waals surface area contributed by atoms with E-state index < -0.39 is 0 Å². The van der Waals surface area contributed by atoms with Crippen LogP contribution >= 0.6 is 0 Å². The molecule has 5 heteroatoms. The van der Waals surface area contributed by atoms with Crippen LogP contribution in [-0.2, 0) is 0 Å². The summed E-state index contributed by atoms with van der Waals surface area (Å²) in [4.78, 5) is 18.1. The third-order valence-corrected chi connectivity index (χ3v) is 3.12. The molecule has 0 amide bonds. The van der Waals surface area contributed by atoms with Gasteiger partial charge in [-0.05, 0) is 32.6 Å². The van der Waals surface area contributed by atoms with E-state index in [0.29, 0.717) is 11.6 Å². The molecule has 2 N–H and O–H groups in total. The molecule has 0 spiro atoms. The van der Waals surface area contributed by atoms with Crippen LogP contribution in [0.5, 0.6) is 0 Å². The summed E-state index contributed by atoms with van der Waals surface area (Å²) in [5, 5.41) is 4.37. The van der Waals surface area contributed by atoms with Gasteiger partial charge in [-0.1, -0.05) is 19.3 Å². The van der Waals surface area contributed by atoms with Crippen LogP contribution in [0.2, 0.25) is 0 Å². The highest BCUT2D eigenvalue weighted by Gasteiger charge is 2.05. The summed E-state index contributed by atoms with van der Waals surface area (Å²) in [6.07, 6.45) is 8.42. The van der Waals surface area contributed by atoms with Crippen molar-refractivity contribution < 1.29 is 0 Å². The van der Waals surface area contributed by atoms with Crippen molar-refractivity contribution in [2.24, 2.45) is 5.10 Å². The molecule has 0 unspecified atom stereocenters. The average Bonchev–Trinajstić information content (AvgIpc) is 2.26. The maximum atomic E-state index is 11.3. The van der Waals surface area contributed by atoms with Crippen molar-refractivity contribution in [1.82, 2.24) is 9.97 Å². The summed E-state index contributed by atoms with van der Waals surface area (Å²) in [6, 6.07) is 1.47. The molecule has 1 saturated carbocycles. The number of nitrogens with zero attached hydrogens (tertiary/aromatic N) is 2. The SMILES string of the molecule is Cc1cc(=O)[nH]c(NN=C2CCCCCCC2)n1. The Balaban J connectivity index is 2.01. The molecular formula is C13H20N4O. The van der Waals surface area contributed by atoms with Crippen molar-refractivity contribution in [2.75, 3.05) is 5.43 Å². The standard InChI is InChI=1S/C13H20N4O/c1-10-9-12(18)15-13(14-10)17-16-11-7-5-3-2-4-6-8-11/h9H,2-8H2,1H3,(H2,14,15,17,18). The molecule has 1 heterocycles. The Morgan fingerprint density at radius 2 is 1.89 bits per heavy atom. The van der Waals surface area contributed by atoms with Gasteiger partial charge in [0.1, 0.15) is 0 Å². The Hall–Kier alpha value is -1.65. The number of hydrogen-bond donors (Lipinski definition) is 2. The molecule has 0 radical (unpaired) electrons. The Bertz CT molecular complexity index is 468. The molecule has 1 aliphatic rings. The van der Waals surface area contributed by atoms with E-state index in [1.165, 1.54) is 43.9 Å². The van der Waals surface area contributed by atoms with Gasteiger partial charge in [-0.2, -0.15) is 5.10 Å². The van der Waals surface area contributed by atoms with Gasteiger partial charge in [-0.25, -0.2) is 10.4 Å². The van der Waals surface area contributed by atoms with Crippen LogP contribution < -0.4 is 11.0 Å². The predicted molar refractivity (Wildman–Crippen MR) is 73.0 cm³/mol. The Morgan fingerprint density at radius 3 is 2.56 bits per heavy atom. The maximum absolute atomic E-state index is 11.3. The quantitative estimate of drug-likeness (QED) is 0.790. The van der Waals surface area contributed by atoms with E-state index in [9.17, 15) is 4.79 Å². The zero-order valence-electron chi connectivity index (χ0n) is 10.8. The van der Waals surface area contributed by atoms with Gasteiger partial charge in [0.2, 0.25) is 5.95 Å². The second-order valence-corrected chi connectivity index (χ2v) is 4.79. The monoisotopic (exact) mass is 248 g/mol. The number of aromatic nitrogens is 2. The van der Waals surface area contributed by atoms with Gasteiger partial charge in [0.15, 0.2) is 0 Å². The van der Waals surface area contributed by atoms with Gasteiger partial charge >= 0.3 is 0 Å². The molecule has 0 aliphatic heterocycles. The van der Waals surface area contributed by atoms with Crippen LogP contribution in [0.1, 0.15) is 50.6 Å². The smallest absolute Gasteiger partial charge is 0.252 e. The lowest BCUT2D eigenvalue weighted by Gasteiger charge is -2.11. The minimum atomic E-state index is -0.150. The molecule has 1 aromatic heterocycles. The van der Waals surface area contributed by atoms with Crippen LogP contribution in [0.15, 0.2) is 16.0 Å². The van der Waals surface area contributed by atoms with Gasteiger partial charge in [0, 0.05) is 17.5 Å². The summed E-state index contributed by atoms with van der Waals surface area (Å²) in [5.74, 6) is 0.426. The van der Waals surface area contributed by atoms with Crippen molar-refractivity contribution in [3.63, 3.8) is 0 Å². The van der Waals surface area contributed by atoms with E-state index in [1.54, 1.807) is 6.92 Å². The van der Waals surface area contributed by atoms with Crippen LogP contribution in [0.3, 0.4) is 0 Å². The lowest BCUT2D eigenvalue weighted by molar-refractivity contribution is 0.606. The van der Waals surface area contributed by atoms with Gasteiger partial charge in [0.25, 0.3) is 5.56 Å². The molecule has 1 aliphatic carbocycles. The van der Waals surface area contributed by atoms with Crippen molar-refractivity contribution in [1.29, 1.82) is 0 Å². The lowest BCUT2D eigenvalue weighted by Crippen LogP contribution is -2.12. The maximum Gasteiger partial charge on any atom is 0.252 e. The average molecular weight is 248 g/mol. The van der Waals surface area contributed by atoms with Crippen LogP contribution in [-0.4, -0.2) is 15.7 Å². The first-order valence-corrected chi connectivity index (χ1v) is 6.63. The van der Waals surface area contributed by atoms with E-state index in [4.69, 9.17) is 0 Å². The second-order valence-electron chi connectivity index (χ2n) is 4.79. The molecule has 98 valence electrons. The zero-order valence-corrected chi connectivity index (χ0v) is 10.8. The molecule has 0 bridgehead atoms. The molecule has 2 rings (SSSR count). The fraction of sp³-hybridized carbons (Fsp3) is 0.615. The van der Waals surface area contributed by atoms with E-state index in [2.05, 4.69) is 20.5 Å². The number of H-pyrrole nitrogens is 1. The van der Waals surface area contributed by atoms with Crippen molar-refractivity contribution in [2.45, 2.75) is 51.9 Å². The summed E-state index contributed by atoms with van der Waals surface area (Å²) >= 11 is 0. The highest BCUT2D eigenvalue weighted by molar-refractivity contribution is 5.85. The van der Waals surface area contributed by atoms with Gasteiger partial charge in [-0.3, -0.25) is 9.78 Å². The minimum absolute atomic E-state index is 0.150. The zero-order chi connectivity index (χ0) is 12.8. The highest BCUT2D eigenvalue weighted by Crippen LogP contribution is 2.15. The molecular weight excluding hydrogens is 228 g/mol. The number of aryl methyl sites for hydroxylation is 1. The van der Waals surface area contributed by atoms with E-state index in [1.807, 2.05) is 0 Å². The third-order valence-electron chi connectivity index (χ3n) is 3.12. The van der Waals surface area contributed by atoms with Crippen LogP contribution in [0, 0.1) is 6.92 Å². The highest BCUT2D eigenvalue weighted by atomic mass is 16.1. The van der Waals surface area contributed by atoms with Crippen LogP contribution in [0.4, 0.5) is 5.95 Å². The Morgan fingerprint density at radius 1 is 1.22 bits per heavy atom. The summed E-state index contributed by atoms with van der Waals surface area (Å²) < 4.78 is 0. The Labute approximate surface area is 107 Å². The number of hydrogen-bond acceptors (Lipinski definition) is 4. The largest absolute Gasteiger partial charge is 0.291 e. The molecule has 0 aromatic carbocycles. The summed E-state index contributed by atoms with van der Waals surface area (Å²) in [5.41, 5.74) is 4.59. The van der Waals surface area contributed by atoms with Crippen molar-refractivity contribution >= 4 is 11.7 Å². The fourth-order valence-electron chi connectivity index (χ4n) is 2.19. The molecule has 18 heavy (non-hydrogen) atoms. The van der Waals surface area contributed by atoms with Crippen LogP contribution in [0.25, 0.3) is 0 Å². The van der Waals surface area contributed by atoms with E-state index in [0.717, 1.165) is 12.8 Å². The molecule has 0 saturated heterocycles. The number of hydrazone groups is 1. The van der Waals surface area contributed by atoms with Gasteiger partial charge < -0.3 is 0 Å².